The molecular weight excluding hydrogens is 383 g/mol. The van der Waals surface area contributed by atoms with Gasteiger partial charge in [0.25, 0.3) is 5.91 Å². The van der Waals surface area contributed by atoms with Crippen molar-refractivity contribution >= 4 is 23.2 Å². The number of carbonyl (C=O) groups is 1. The highest BCUT2D eigenvalue weighted by Gasteiger charge is 2.33. The number of alkyl halides is 3. The fourth-order valence-electron chi connectivity index (χ4n) is 2.50. The Morgan fingerprint density at radius 1 is 1.37 bits per heavy atom. The Kier molecular flexibility index (Phi) is 7.47. The van der Waals surface area contributed by atoms with Crippen LogP contribution in [0.5, 0.6) is 0 Å². The average Bonchev–Trinajstić information content (AvgIpc) is 2.63. The molecule has 1 amide bonds. The molecule has 0 saturated carbocycles. The number of nitrogens with zero attached hydrogens (tertiary/aromatic N) is 2. The Balaban J connectivity index is 1.93. The summed E-state index contributed by atoms with van der Waals surface area (Å²) in [6, 6.07) is 4.74. The van der Waals surface area contributed by atoms with Crippen molar-refractivity contribution in [2.45, 2.75) is 6.18 Å². The number of benzene rings is 1. The van der Waals surface area contributed by atoms with Crippen LogP contribution < -0.4 is 16.0 Å². The second-order valence-electron chi connectivity index (χ2n) is 5.86. The van der Waals surface area contributed by atoms with Gasteiger partial charge in [0.15, 0.2) is 0 Å². The van der Waals surface area contributed by atoms with Gasteiger partial charge in [0.05, 0.1) is 10.6 Å². The van der Waals surface area contributed by atoms with Gasteiger partial charge in [0.1, 0.15) is 11.6 Å². The first-order chi connectivity index (χ1) is 12.8. The Morgan fingerprint density at radius 2 is 2.07 bits per heavy atom. The smallest absolute Gasteiger partial charge is 0.388 e. The lowest BCUT2D eigenvalue weighted by Gasteiger charge is -2.26. The van der Waals surface area contributed by atoms with Crippen LogP contribution in [0.3, 0.4) is 0 Å². The van der Waals surface area contributed by atoms with Crippen molar-refractivity contribution in [2.24, 2.45) is 0 Å². The number of hydrogen-bond acceptors (Lipinski definition) is 5. The van der Waals surface area contributed by atoms with Gasteiger partial charge in [-0.3, -0.25) is 9.69 Å². The van der Waals surface area contributed by atoms with Gasteiger partial charge in [0.2, 0.25) is 0 Å². The van der Waals surface area contributed by atoms with E-state index >= 15 is 0 Å². The molecular formula is C17H19ClF3N5O. The van der Waals surface area contributed by atoms with E-state index in [2.05, 4.69) is 20.9 Å². The van der Waals surface area contributed by atoms with Gasteiger partial charge >= 0.3 is 6.18 Å². The van der Waals surface area contributed by atoms with E-state index in [-0.39, 0.29) is 11.3 Å². The molecule has 1 fully saturated rings. The third kappa shape index (κ3) is 6.43. The molecule has 0 spiro atoms. The summed E-state index contributed by atoms with van der Waals surface area (Å²) in [5.41, 5.74) is -1.39. The first-order valence-corrected chi connectivity index (χ1v) is 8.64. The van der Waals surface area contributed by atoms with E-state index in [9.17, 15) is 18.0 Å². The molecule has 146 valence electrons. The van der Waals surface area contributed by atoms with E-state index in [1.807, 2.05) is 0 Å². The van der Waals surface area contributed by atoms with E-state index in [4.69, 9.17) is 16.9 Å². The van der Waals surface area contributed by atoms with E-state index < -0.39 is 22.7 Å². The maximum absolute atomic E-state index is 12.9. The van der Waals surface area contributed by atoms with E-state index in [0.717, 1.165) is 44.9 Å². The maximum atomic E-state index is 12.9. The fourth-order valence-corrected chi connectivity index (χ4v) is 2.72. The minimum atomic E-state index is -4.64. The van der Waals surface area contributed by atoms with Gasteiger partial charge in [-0.05, 0) is 18.2 Å². The standard InChI is InChI=1S/C17H19ClF3N5O/c18-15-2-1-13(9-14(15)17(19,20)21)25-16(27)12(10-22)11-24-5-8-26-6-3-23-4-7-26/h1-2,9,11,23-24H,3-8H2,(H,25,27)/b12-11-. The highest BCUT2D eigenvalue weighted by atomic mass is 35.5. The molecule has 1 aliphatic heterocycles. The number of nitrogens with one attached hydrogen (secondary N) is 3. The van der Waals surface area contributed by atoms with Gasteiger partial charge in [-0.15, -0.1) is 0 Å². The Hall–Kier alpha value is -2.28. The second kappa shape index (κ2) is 9.60. The Bertz CT molecular complexity index is 739. The molecule has 27 heavy (non-hydrogen) atoms. The number of rotatable bonds is 6. The monoisotopic (exact) mass is 401 g/mol. The summed E-state index contributed by atoms with van der Waals surface area (Å²) < 4.78 is 38.6. The number of carbonyl (C=O) groups excluding carboxylic acids is 1. The van der Waals surface area contributed by atoms with Crippen LogP contribution in [-0.4, -0.2) is 50.1 Å². The number of amides is 1. The Morgan fingerprint density at radius 3 is 2.70 bits per heavy atom. The maximum Gasteiger partial charge on any atom is 0.417 e. The summed E-state index contributed by atoms with van der Waals surface area (Å²) in [5, 5.41) is 17.0. The quantitative estimate of drug-likeness (QED) is 0.387. The molecule has 0 radical (unpaired) electrons. The minimum absolute atomic E-state index is 0.0984. The van der Waals surface area contributed by atoms with Crippen LogP contribution in [0.2, 0.25) is 5.02 Å². The van der Waals surface area contributed by atoms with E-state index in [0.29, 0.717) is 6.54 Å². The van der Waals surface area contributed by atoms with Crippen molar-refractivity contribution in [2.75, 3.05) is 44.6 Å². The van der Waals surface area contributed by atoms with Crippen LogP contribution in [0, 0.1) is 11.3 Å². The molecule has 0 aromatic heterocycles. The molecule has 0 bridgehead atoms. The van der Waals surface area contributed by atoms with Crippen molar-refractivity contribution in [3.05, 3.63) is 40.6 Å². The number of halogens is 4. The summed E-state index contributed by atoms with van der Waals surface area (Å²) in [7, 11) is 0. The number of anilines is 1. The zero-order chi connectivity index (χ0) is 19.9. The number of nitriles is 1. The number of hydrogen-bond donors (Lipinski definition) is 3. The molecule has 1 heterocycles. The van der Waals surface area contributed by atoms with Crippen molar-refractivity contribution < 1.29 is 18.0 Å². The topological polar surface area (TPSA) is 80.2 Å². The summed E-state index contributed by atoms with van der Waals surface area (Å²) in [5.74, 6) is -0.803. The van der Waals surface area contributed by atoms with Crippen molar-refractivity contribution in [1.82, 2.24) is 15.5 Å². The lowest BCUT2D eigenvalue weighted by Crippen LogP contribution is -2.45. The van der Waals surface area contributed by atoms with Crippen LogP contribution in [-0.2, 0) is 11.0 Å². The molecule has 10 heteroatoms. The molecule has 2 rings (SSSR count). The summed E-state index contributed by atoms with van der Waals surface area (Å²) in [6.45, 7) is 4.98. The van der Waals surface area contributed by atoms with Crippen LogP contribution in [0.25, 0.3) is 0 Å². The molecule has 1 aliphatic rings. The van der Waals surface area contributed by atoms with Crippen LogP contribution >= 0.6 is 11.6 Å². The van der Waals surface area contributed by atoms with E-state index in [1.54, 1.807) is 6.07 Å². The molecule has 0 aliphatic carbocycles. The lowest BCUT2D eigenvalue weighted by atomic mass is 10.2. The molecule has 1 aromatic carbocycles. The van der Waals surface area contributed by atoms with Crippen LogP contribution in [0.1, 0.15) is 5.56 Å². The van der Waals surface area contributed by atoms with Gasteiger partial charge in [-0.2, -0.15) is 18.4 Å². The first-order valence-electron chi connectivity index (χ1n) is 8.26. The van der Waals surface area contributed by atoms with Crippen molar-refractivity contribution in [3.8, 4) is 6.07 Å². The zero-order valence-electron chi connectivity index (χ0n) is 14.4. The summed E-state index contributed by atoms with van der Waals surface area (Å²) >= 11 is 5.54. The van der Waals surface area contributed by atoms with Gasteiger partial charge in [0, 0.05) is 51.2 Å². The van der Waals surface area contributed by atoms with Crippen LogP contribution in [0.15, 0.2) is 30.0 Å². The average molecular weight is 402 g/mol. The van der Waals surface area contributed by atoms with E-state index in [1.165, 1.54) is 12.3 Å². The lowest BCUT2D eigenvalue weighted by molar-refractivity contribution is -0.137. The van der Waals surface area contributed by atoms with Crippen molar-refractivity contribution in [1.29, 1.82) is 5.26 Å². The predicted molar refractivity (Wildman–Crippen MR) is 96.1 cm³/mol. The van der Waals surface area contributed by atoms with Crippen LogP contribution in [0.4, 0.5) is 18.9 Å². The number of piperazine rings is 1. The Labute approximate surface area is 160 Å². The normalized spacial score (nSPS) is 15.9. The van der Waals surface area contributed by atoms with Gasteiger partial charge < -0.3 is 16.0 Å². The third-order valence-corrected chi connectivity index (χ3v) is 4.25. The largest absolute Gasteiger partial charge is 0.417 e. The summed E-state index contributed by atoms with van der Waals surface area (Å²) in [4.78, 5) is 14.3. The van der Waals surface area contributed by atoms with Gasteiger partial charge in [-0.25, -0.2) is 0 Å². The zero-order valence-corrected chi connectivity index (χ0v) is 15.1. The first kappa shape index (κ1) is 21.0. The molecule has 6 nitrogen and oxygen atoms in total. The highest BCUT2D eigenvalue weighted by molar-refractivity contribution is 6.31. The predicted octanol–water partition coefficient (Wildman–Crippen LogP) is 2.20. The fraction of sp³-hybridized carbons (Fsp3) is 0.412. The summed E-state index contributed by atoms with van der Waals surface area (Å²) in [6.07, 6.45) is -3.38. The molecule has 0 unspecified atom stereocenters. The molecule has 0 atom stereocenters. The van der Waals surface area contributed by atoms with Gasteiger partial charge in [-0.1, -0.05) is 11.6 Å². The highest BCUT2D eigenvalue weighted by Crippen LogP contribution is 2.36. The minimum Gasteiger partial charge on any atom is -0.388 e. The second-order valence-corrected chi connectivity index (χ2v) is 6.27. The molecule has 1 aromatic rings. The molecule has 1 saturated heterocycles. The molecule has 3 N–H and O–H groups in total. The van der Waals surface area contributed by atoms with Crippen molar-refractivity contribution in [3.63, 3.8) is 0 Å². The third-order valence-electron chi connectivity index (χ3n) is 3.92. The SMILES string of the molecule is N#C/C(=C/NCCN1CCNCC1)C(=O)Nc1ccc(Cl)c(C(F)(F)F)c1.